The lowest BCUT2D eigenvalue weighted by Crippen LogP contribution is -2.36. The lowest BCUT2D eigenvalue weighted by atomic mass is 10.1. The molecule has 0 aliphatic heterocycles. The first kappa shape index (κ1) is 15.1. The van der Waals surface area contributed by atoms with Crippen molar-refractivity contribution in [1.29, 1.82) is 0 Å². The zero-order valence-corrected chi connectivity index (χ0v) is 12.1. The largest absolute Gasteiger partial charge is 0.394 e. The molecule has 1 aromatic rings. The second kappa shape index (κ2) is 6.42. The maximum Gasteiger partial charge on any atom is 0.165 e. The highest BCUT2D eigenvalue weighted by Gasteiger charge is 2.34. The van der Waals surface area contributed by atoms with Crippen molar-refractivity contribution in [3.8, 4) is 0 Å². The second-order valence-corrected chi connectivity index (χ2v) is 5.86. The molecule has 0 saturated heterocycles. The Kier molecular flexibility index (Phi) is 5.09. The first-order chi connectivity index (χ1) is 9.02. The van der Waals surface area contributed by atoms with Crippen LogP contribution >= 0.6 is 23.2 Å². The molecule has 2 N–H and O–H groups in total. The molecule has 1 saturated carbocycles. The molecule has 1 aliphatic rings. The van der Waals surface area contributed by atoms with Crippen molar-refractivity contribution in [2.24, 2.45) is 0 Å². The third-order valence-corrected chi connectivity index (χ3v) is 4.02. The maximum absolute atomic E-state index is 10.2. The van der Waals surface area contributed by atoms with E-state index in [0.717, 1.165) is 18.4 Å². The molecule has 0 aromatic heterocycles. The zero-order chi connectivity index (χ0) is 13.9. The van der Waals surface area contributed by atoms with Crippen molar-refractivity contribution in [3.63, 3.8) is 0 Å². The van der Waals surface area contributed by atoms with E-state index in [1.165, 1.54) is 0 Å². The summed E-state index contributed by atoms with van der Waals surface area (Å²) in [6.07, 6.45) is 3.15. The highest BCUT2D eigenvalue weighted by Crippen LogP contribution is 2.32. The molecule has 5 heteroatoms. The summed E-state index contributed by atoms with van der Waals surface area (Å²) >= 11 is 11.9. The predicted molar refractivity (Wildman–Crippen MR) is 75.5 cm³/mol. The number of hydrogen-bond donors (Lipinski definition) is 2. The third kappa shape index (κ3) is 4.07. The Balaban J connectivity index is 2.02. The van der Waals surface area contributed by atoms with Crippen molar-refractivity contribution in [2.75, 3.05) is 6.61 Å². The average Bonchev–Trinajstić information content (AvgIpc) is 2.78. The topological polar surface area (TPSA) is 49.7 Å². The van der Waals surface area contributed by atoms with E-state index in [1.54, 1.807) is 12.1 Å². The molecule has 106 valence electrons. The molecule has 3 nitrogen and oxygen atoms in total. The van der Waals surface area contributed by atoms with Crippen molar-refractivity contribution in [2.45, 2.75) is 44.0 Å². The zero-order valence-electron chi connectivity index (χ0n) is 10.6. The fourth-order valence-corrected chi connectivity index (χ4v) is 2.92. The highest BCUT2D eigenvalue weighted by molar-refractivity contribution is 6.35. The van der Waals surface area contributed by atoms with Crippen LogP contribution in [0.5, 0.6) is 0 Å². The summed E-state index contributed by atoms with van der Waals surface area (Å²) in [6.45, 7) is -0.152. The summed E-state index contributed by atoms with van der Waals surface area (Å²) in [7, 11) is 0. The van der Waals surface area contributed by atoms with Gasteiger partial charge in [-0.25, -0.2) is 0 Å². The van der Waals surface area contributed by atoms with E-state index >= 15 is 0 Å². The van der Waals surface area contributed by atoms with Crippen LogP contribution in [0.25, 0.3) is 0 Å². The fourth-order valence-electron chi connectivity index (χ4n) is 2.43. The van der Waals surface area contributed by atoms with Crippen LogP contribution in [0.3, 0.4) is 0 Å². The van der Waals surface area contributed by atoms with E-state index in [9.17, 15) is 10.2 Å². The minimum absolute atomic E-state index is 0.152. The summed E-state index contributed by atoms with van der Waals surface area (Å²) in [5, 5.41) is 20.7. The molecule has 0 bridgehead atoms. The fraction of sp³-hybridized carbons (Fsp3) is 0.571. The van der Waals surface area contributed by atoms with Crippen LogP contribution in [0.1, 0.15) is 31.2 Å². The Morgan fingerprint density at radius 1 is 1.26 bits per heavy atom. The summed E-state index contributed by atoms with van der Waals surface area (Å²) in [5.74, 6) is -1.09. The molecular weight excluding hydrogens is 287 g/mol. The van der Waals surface area contributed by atoms with Gasteiger partial charge in [0.05, 0.1) is 12.7 Å². The van der Waals surface area contributed by atoms with Gasteiger partial charge in [0.15, 0.2) is 5.79 Å². The number of rotatable bonds is 5. The molecule has 0 radical (unpaired) electrons. The van der Waals surface area contributed by atoms with Crippen LogP contribution in [0.2, 0.25) is 10.0 Å². The molecule has 1 fully saturated rings. The van der Waals surface area contributed by atoms with Gasteiger partial charge in [-0.1, -0.05) is 29.3 Å². The smallest absolute Gasteiger partial charge is 0.165 e. The predicted octanol–water partition coefficient (Wildman–Crippen LogP) is 3.18. The normalized spacial score (nSPS) is 19.6. The first-order valence-corrected chi connectivity index (χ1v) is 7.23. The van der Waals surface area contributed by atoms with Gasteiger partial charge < -0.3 is 14.9 Å². The van der Waals surface area contributed by atoms with Crippen LogP contribution in [0.15, 0.2) is 18.2 Å². The van der Waals surface area contributed by atoms with Crippen LogP contribution in [0, 0.1) is 0 Å². The Hall–Kier alpha value is -0.320. The SMILES string of the molecule is OCC(Cc1ccc(Cl)cc1Cl)OC1(O)CCCC1. The molecule has 0 spiro atoms. The Morgan fingerprint density at radius 3 is 2.53 bits per heavy atom. The lowest BCUT2D eigenvalue weighted by molar-refractivity contribution is -0.230. The number of halogens is 2. The quantitative estimate of drug-likeness (QED) is 0.822. The van der Waals surface area contributed by atoms with E-state index < -0.39 is 11.9 Å². The van der Waals surface area contributed by atoms with E-state index in [0.29, 0.717) is 29.3 Å². The van der Waals surface area contributed by atoms with Gasteiger partial charge in [0.1, 0.15) is 0 Å². The van der Waals surface area contributed by atoms with Crippen molar-refractivity contribution >= 4 is 23.2 Å². The molecular formula is C14H18Cl2O3. The standard InChI is InChI=1S/C14H18Cl2O3/c15-11-4-3-10(13(16)8-11)7-12(9-17)19-14(18)5-1-2-6-14/h3-4,8,12,17-18H,1-2,5-7,9H2. The van der Waals surface area contributed by atoms with Crippen molar-refractivity contribution in [1.82, 2.24) is 0 Å². The van der Waals surface area contributed by atoms with E-state index in [1.807, 2.05) is 6.07 Å². The number of aliphatic hydroxyl groups is 2. The molecule has 0 heterocycles. The Labute approximate surface area is 123 Å². The van der Waals surface area contributed by atoms with Gasteiger partial charge in [-0.3, -0.25) is 0 Å². The van der Waals surface area contributed by atoms with Gasteiger partial charge in [0.2, 0.25) is 0 Å². The van der Waals surface area contributed by atoms with Crippen LogP contribution in [-0.4, -0.2) is 28.7 Å². The number of aliphatic hydroxyl groups excluding tert-OH is 1. The van der Waals surface area contributed by atoms with Gasteiger partial charge in [-0.05, 0) is 30.5 Å². The monoisotopic (exact) mass is 304 g/mol. The maximum atomic E-state index is 10.2. The molecule has 1 atom stereocenters. The molecule has 1 aliphatic carbocycles. The van der Waals surface area contributed by atoms with E-state index in [2.05, 4.69) is 0 Å². The summed E-state index contributed by atoms with van der Waals surface area (Å²) in [5.41, 5.74) is 0.853. The van der Waals surface area contributed by atoms with E-state index in [-0.39, 0.29) is 6.61 Å². The van der Waals surface area contributed by atoms with Gasteiger partial charge in [-0.2, -0.15) is 0 Å². The molecule has 19 heavy (non-hydrogen) atoms. The van der Waals surface area contributed by atoms with Crippen LogP contribution in [-0.2, 0) is 11.2 Å². The van der Waals surface area contributed by atoms with Crippen LogP contribution < -0.4 is 0 Å². The summed E-state index contributed by atoms with van der Waals surface area (Å²) < 4.78 is 5.65. The van der Waals surface area contributed by atoms with Crippen molar-refractivity contribution < 1.29 is 14.9 Å². The average molecular weight is 305 g/mol. The van der Waals surface area contributed by atoms with Crippen molar-refractivity contribution in [3.05, 3.63) is 33.8 Å². The van der Waals surface area contributed by atoms with Crippen LogP contribution in [0.4, 0.5) is 0 Å². The number of ether oxygens (including phenoxy) is 1. The molecule has 2 rings (SSSR count). The highest BCUT2D eigenvalue weighted by atomic mass is 35.5. The Morgan fingerprint density at radius 2 is 1.95 bits per heavy atom. The summed E-state index contributed by atoms with van der Waals surface area (Å²) in [4.78, 5) is 0. The molecule has 1 unspecified atom stereocenters. The lowest BCUT2D eigenvalue weighted by Gasteiger charge is -2.28. The number of hydrogen-bond acceptors (Lipinski definition) is 3. The second-order valence-electron chi connectivity index (χ2n) is 5.02. The number of benzene rings is 1. The third-order valence-electron chi connectivity index (χ3n) is 3.44. The minimum atomic E-state index is -1.09. The van der Waals surface area contributed by atoms with Gasteiger partial charge in [0, 0.05) is 29.3 Å². The molecule has 1 aromatic carbocycles. The van der Waals surface area contributed by atoms with E-state index in [4.69, 9.17) is 27.9 Å². The minimum Gasteiger partial charge on any atom is -0.394 e. The first-order valence-electron chi connectivity index (χ1n) is 6.47. The van der Waals surface area contributed by atoms with Gasteiger partial charge >= 0.3 is 0 Å². The summed E-state index contributed by atoms with van der Waals surface area (Å²) in [6, 6.07) is 5.23. The van der Waals surface area contributed by atoms with Gasteiger partial charge in [-0.15, -0.1) is 0 Å². The Bertz CT molecular complexity index is 431. The van der Waals surface area contributed by atoms with Gasteiger partial charge in [0.25, 0.3) is 0 Å². The molecule has 0 amide bonds.